The normalized spacial score (nSPS) is 27.5. The van der Waals surface area contributed by atoms with Crippen LogP contribution in [0.3, 0.4) is 0 Å². The zero-order chi connectivity index (χ0) is 9.90. The van der Waals surface area contributed by atoms with Gasteiger partial charge in [0.1, 0.15) is 0 Å². The molecule has 0 saturated carbocycles. The Bertz CT molecular complexity index is 246. The molecule has 1 aliphatic rings. The molecule has 1 saturated heterocycles. The van der Waals surface area contributed by atoms with Crippen molar-refractivity contribution >= 4 is 9.84 Å². The molecule has 0 aromatic rings. The molecule has 1 aliphatic heterocycles. The summed E-state index contributed by atoms with van der Waals surface area (Å²) in [5, 5.41) is 0. The van der Waals surface area contributed by atoms with Crippen molar-refractivity contribution in [2.45, 2.75) is 51.1 Å². The molecule has 1 heterocycles. The van der Waals surface area contributed by atoms with E-state index in [0.29, 0.717) is 0 Å². The Labute approximate surface area is 80.4 Å². The van der Waals surface area contributed by atoms with Gasteiger partial charge in [-0.1, -0.05) is 26.7 Å². The van der Waals surface area contributed by atoms with Crippen molar-refractivity contribution in [1.82, 2.24) is 0 Å². The molecule has 0 radical (unpaired) electrons. The van der Waals surface area contributed by atoms with Crippen LogP contribution in [0.2, 0.25) is 0 Å². The molecule has 78 valence electrons. The fourth-order valence-corrected chi connectivity index (χ4v) is 3.23. The highest BCUT2D eigenvalue weighted by molar-refractivity contribution is 7.92. The lowest BCUT2D eigenvalue weighted by molar-refractivity contribution is 0.382. The highest BCUT2D eigenvalue weighted by Gasteiger charge is 2.47. The highest BCUT2D eigenvalue weighted by atomic mass is 32.2. The van der Waals surface area contributed by atoms with Crippen molar-refractivity contribution in [3.05, 3.63) is 0 Å². The van der Waals surface area contributed by atoms with Crippen molar-refractivity contribution in [2.24, 2.45) is 0 Å². The Morgan fingerprint density at radius 2 is 1.92 bits per heavy atom. The van der Waals surface area contributed by atoms with Gasteiger partial charge >= 0.3 is 0 Å². The molecule has 0 spiro atoms. The average Bonchev–Trinajstić information content (AvgIpc) is 2.82. The summed E-state index contributed by atoms with van der Waals surface area (Å²) in [6, 6.07) is 0. The smallest absolute Gasteiger partial charge is 0.185 e. The van der Waals surface area contributed by atoms with Gasteiger partial charge in [-0.15, -0.1) is 0 Å². The van der Waals surface area contributed by atoms with E-state index in [1.165, 1.54) is 0 Å². The molecule has 0 bridgehead atoms. The van der Waals surface area contributed by atoms with Crippen LogP contribution < -0.4 is 0 Å². The molecule has 1 fully saturated rings. The second-order valence-corrected chi connectivity index (χ2v) is 5.75. The topological polar surface area (TPSA) is 46.7 Å². The summed E-state index contributed by atoms with van der Waals surface area (Å²) in [7, 11) is -2.94. The van der Waals surface area contributed by atoms with Gasteiger partial charge < -0.3 is 4.74 Å². The van der Waals surface area contributed by atoms with Crippen molar-refractivity contribution in [3.63, 3.8) is 0 Å². The molecule has 2 atom stereocenters. The predicted molar refractivity (Wildman–Crippen MR) is 52.3 cm³/mol. The van der Waals surface area contributed by atoms with E-state index < -0.39 is 15.3 Å². The third-order valence-corrected chi connectivity index (χ3v) is 4.23. The maximum absolute atomic E-state index is 11.5. The summed E-state index contributed by atoms with van der Waals surface area (Å²) >= 11 is 0. The minimum absolute atomic E-state index is 0.00754. The Balaban J connectivity index is 2.36. The minimum atomic E-state index is -2.94. The second kappa shape index (κ2) is 4.42. The monoisotopic (exact) mass is 206 g/mol. The van der Waals surface area contributed by atoms with Crippen molar-refractivity contribution < 1.29 is 13.2 Å². The van der Waals surface area contributed by atoms with E-state index in [1.54, 1.807) is 0 Å². The first kappa shape index (κ1) is 11.0. The van der Waals surface area contributed by atoms with Gasteiger partial charge in [0.2, 0.25) is 0 Å². The number of rotatable bonds is 6. The molecule has 0 aromatic heterocycles. The van der Waals surface area contributed by atoms with E-state index >= 15 is 0 Å². The fraction of sp³-hybridized carbons (Fsp3) is 1.00. The summed E-state index contributed by atoms with van der Waals surface area (Å²) in [5.74, 6) is 0.286. The molecule has 0 aliphatic carbocycles. The summed E-state index contributed by atoms with van der Waals surface area (Å²) in [5.41, 5.74) is -0.473. The quantitative estimate of drug-likeness (QED) is 0.622. The SMILES string of the molecule is CCCCS(=O)(=O)C1OC1CCC. The van der Waals surface area contributed by atoms with Crippen LogP contribution in [0.15, 0.2) is 0 Å². The van der Waals surface area contributed by atoms with E-state index in [1.807, 2.05) is 13.8 Å². The lowest BCUT2D eigenvalue weighted by Crippen LogP contribution is -2.15. The van der Waals surface area contributed by atoms with Crippen LogP contribution >= 0.6 is 0 Å². The van der Waals surface area contributed by atoms with Crippen LogP contribution in [-0.2, 0) is 14.6 Å². The van der Waals surface area contributed by atoms with Crippen LogP contribution in [0, 0.1) is 0 Å². The highest BCUT2D eigenvalue weighted by Crippen LogP contribution is 2.32. The van der Waals surface area contributed by atoms with Gasteiger partial charge in [0, 0.05) is 0 Å². The number of hydrogen-bond donors (Lipinski definition) is 0. The van der Waals surface area contributed by atoms with Gasteiger partial charge in [-0.05, 0) is 12.8 Å². The molecule has 2 unspecified atom stereocenters. The van der Waals surface area contributed by atoms with Crippen molar-refractivity contribution in [1.29, 1.82) is 0 Å². The molecule has 0 N–H and O–H groups in total. The third kappa shape index (κ3) is 2.95. The minimum Gasteiger partial charge on any atom is -0.352 e. The third-order valence-electron chi connectivity index (χ3n) is 2.25. The van der Waals surface area contributed by atoms with E-state index in [0.717, 1.165) is 25.7 Å². The number of epoxide rings is 1. The van der Waals surface area contributed by atoms with Gasteiger partial charge in [-0.3, -0.25) is 0 Å². The Morgan fingerprint density at radius 3 is 2.46 bits per heavy atom. The van der Waals surface area contributed by atoms with Gasteiger partial charge in [-0.2, -0.15) is 0 Å². The molecule has 3 nitrogen and oxygen atoms in total. The predicted octanol–water partition coefficient (Wildman–Crippen LogP) is 1.73. The summed E-state index contributed by atoms with van der Waals surface area (Å²) < 4.78 is 28.2. The Morgan fingerprint density at radius 1 is 1.23 bits per heavy atom. The Kier molecular flexibility index (Phi) is 3.74. The molecule has 4 heteroatoms. The van der Waals surface area contributed by atoms with Gasteiger partial charge in [-0.25, -0.2) is 8.42 Å². The summed E-state index contributed by atoms with van der Waals surface area (Å²) in [6.07, 6.45) is 3.53. The molecule has 0 amide bonds. The van der Waals surface area contributed by atoms with Crippen LogP contribution in [0.4, 0.5) is 0 Å². The lowest BCUT2D eigenvalue weighted by atomic mass is 10.3. The van der Waals surface area contributed by atoms with Crippen molar-refractivity contribution in [2.75, 3.05) is 5.75 Å². The van der Waals surface area contributed by atoms with Gasteiger partial charge in [0.25, 0.3) is 0 Å². The number of ether oxygens (including phenoxy) is 1. The van der Waals surface area contributed by atoms with Crippen LogP contribution in [0.5, 0.6) is 0 Å². The lowest BCUT2D eigenvalue weighted by Gasteiger charge is -1.98. The standard InChI is InChI=1S/C9H18O3S/c1-3-5-7-13(10,11)9-8(12-9)6-4-2/h8-9H,3-7H2,1-2H3. The summed E-state index contributed by atoms with van der Waals surface area (Å²) in [4.78, 5) is 0. The van der Waals surface area contributed by atoms with E-state index in [4.69, 9.17) is 4.74 Å². The van der Waals surface area contributed by atoms with Crippen LogP contribution in [-0.4, -0.2) is 25.7 Å². The summed E-state index contributed by atoms with van der Waals surface area (Å²) in [6.45, 7) is 4.03. The van der Waals surface area contributed by atoms with Gasteiger partial charge in [0.05, 0.1) is 11.9 Å². The van der Waals surface area contributed by atoms with Crippen LogP contribution in [0.1, 0.15) is 39.5 Å². The molecule has 13 heavy (non-hydrogen) atoms. The van der Waals surface area contributed by atoms with Crippen LogP contribution in [0.25, 0.3) is 0 Å². The molecule has 1 rings (SSSR count). The van der Waals surface area contributed by atoms with Crippen molar-refractivity contribution in [3.8, 4) is 0 Å². The number of hydrogen-bond acceptors (Lipinski definition) is 3. The maximum Gasteiger partial charge on any atom is 0.185 e. The number of sulfone groups is 1. The number of unbranched alkanes of at least 4 members (excludes halogenated alkanes) is 1. The first-order valence-corrected chi connectivity index (χ1v) is 6.70. The second-order valence-electron chi connectivity index (χ2n) is 3.55. The molecular weight excluding hydrogens is 188 g/mol. The maximum atomic E-state index is 11.5. The largest absolute Gasteiger partial charge is 0.352 e. The first-order valence-electron chi connectivity index (χ1n) is 4.98. The molecule has 0 aromatic carbocycles. The Hall–Kier alpha value is -0.0900. The molecular formula is C9H18O3S. The van der Waals surface area contributed by atoms with Gasteiger partial charge in [0.15, 0.2) is 15.3 Å². The van der Waals surface area contributed by atoms with E-state index in [-0.39, 0.29) is 11.9 Å². The average molecular weight is 206 g/mol. The zero-order valence-electron chi connectivity index (χ0n) is 8.32. The fourth-order valence-electron chi connectivity index (χ4n) is 1.39. The first-order chi connectivity index (χ1) is 6.11. The zero-order valence-corrected chi connectivity index (χ0v) is 9.14. The van der Waals surface area contributed by atoms with E-state index in [9.17, 15) is 8.42 Å². The van der Waals surface area contributed by atoms with E-state index in [2.05, 4.69) is 0 Å².